The van der Waals surface area contributed by atoms with Gasteiger partial charge in [0.1, 0.15) is 11.5 Å². The molecule has 1 heterocycles. The Bertz CT molecular complexity index is 878. The third-order valence-electron chi connectivity index (χ3n) is 3.44. The Labute approximate surface area is 119 Å². The zero-order valence-corrected chi connectivity index (χ0v) is 12.0. The van der Waals surface area contributed by atoms with Crippen molar-refractivity contribution in [3.05, 3.63) is 46.1 Å². The second-order valence-corrected chi connectivity index (χ2v) is 6.20. The van der Waals surface area contributed by atoms with Crippen molar-refractivity contribution in [3.63, 3.8) is 0 Å². The summed E-state index contributed by atoms with van der Waals surface area (Å²) < 4.78 is 1.37. The first-order valence-electron chi connectivity index (χ1n) is 6.40. The highest BCUT2D eigenvalue weighted by Gasteiger charge is 2.15. The van der Waals surface area contributed by atoms with Gasteiger partial charge >= 0.3 is 0 Å². The molecule has 0 saturated carbocycles. The third kappa shape index (κ3) is 1.84. The Morgan fingerprint density at radius 2 is 1.85 bits per heavy atom. The largest absolute Gasteiger partial charge is 0.508 e. The van der Waals surface area contributed by atoms with Crippen molar-refractivity contribution in [3.8, 4) is 11.5 Å². The van der Waals surface area contributed by atoms with Crippen LogP contribution in [0, 0.1) is 0 Å². The molecule has 0 saturated heterocycles. The number of rotatable bonds is 1. The topological polar surface area (TPSA) is 57.5 Å². The van der Waals surface area contributed by atoms with E-state index in [0.717, 1.165) is 10.3 Å². The molecule has 3 nitrogen and oxygen atoms in total. The number of phenols is 2. The molecule has 20 heavy (non-hydrogen) atoms. The van der Waals surface area contributed by atoms with E-state index in [1.807, 2.05) is 13.8 Å². The van der Waals surface area contributed by atoms with E-state index >= 15 is 0 Å². The lowest BCUT2D eigenvalue weighted by Gasteiger charge is -2.11. The average Bonchev–Trinajstić information content (AvgIpc) is 2.40. The molecule has 0 amide bonds. The number of benzene rings is 2. The fraction of sp³-hybridized carbons (Fsp3) is 0.188. The van der Waals surface area contributed by atoms with Gasteiger partial charge in [0.25, 0.3) is 0 Å². The molecule has 0 spiro atoms. The average molecular weight is 286 g/mol. The predicted octanol–water partition coefficient (Wildman–Crippen LogP) is 3.95. The molecule has 0 radical (unpaired) electrons. The zero-order valence-electron chi connectivity index (χ0n) is 11.2. The Balaban J connectivity index is 2.60. The summed E-state index contributed by atoms with van der Waals surface area (Å²) in [4.78, 5) is 12.7. The van der Waals surface area contributed by atoms with Crippen LogP contribution in [0.3, 0.4) is 0 Å². The van der Waals surface area contributed by atoms with Crippen LogP contribution in [-0.2, 0) is 0 Å². The van der Waals surface area contributed by atoms with Crippen LogP contribution in [0.25, 0.3) is 20.2 Å². The van der Waals surface area contributed by atoms with Crippen LogP contribution in [0.5, 0.6) is 11.5 Å². The second kappa shape index (κ2) is 4.49. The van der Waals surface area contributed by atoms with Gasteiger partial charge in [-0.3, -0.25) is 4.79 Å². The first kappa shape index (κ1) is 12.9. The molecule has 0 atom stereocenters. The van der Waals surface area contributed by atoms with Crippen molar-refractivity contribution in [2.75, 3.05) is 0 Å². The van der Waals surface area contributed by atoms with Gasteiger partial charge < -0.3 is 10.2 Å². The van der Waals surface area contributed by atoms with Gasteiger partial charge in [0, 0.05) is 15.5 Å². The molecule has 4 heteroatoms. The highest BCUT2D eigenvalue weighted by Crippen LogP contribution is 2.36. The molecule has 0 aliphatic rings. The van der Waals surface area contributed by atoms with E-state index in [2.05, 4.69) is 0 Å². The van der Waals surface area contributed by atoms with Crippen LogP contribution in [0.2, 0.25) is 0 Å². The molecule has 3 rings (SSSR count). The van der Waals surface area contributed by atoms with Crippen molar-refractivity contribution >= 4 is 31.5 Å². The number of phenolic OH excluding ortho intramolecular Hbond substituents is 2. The van der Waals surface area contributed by atoms with Gasteiger partial charge in [-0.2, -0.15) is 0 Å². The molecule has 2 aromatic carbocycles. The minimum absolute atomic E-state index is 0.0763. The summed E-state index contributed by atoms with van der Waals surface area (Å²) in [5.41, 5.74) is 0.786. The smallest absolute Gasteiger partial charge is 0.196 e. The van der Waals surface area contributed by atoms with E-state index in [1.54, 1.807) is 24.3 Å². The summed E-state index contributed by atoms with van der Waals surface area (Å²) in [5.74, 6) is 0.390. The maximum atomic E-state index is 12.7. The standard InChI is InChI=1S/C16H14O3S/c1-8(2)10-4-5-12(18)16-14(10)15(19)11-7-9(17)3-6-13(11)20-16/h3-8,17-18H,1-2H3. The zero-order chi connectivity index (χ0) is 14.4. The van der Waals surface area contributed by atoms with Gasteiger partial charge in [0.2, 0.25) is 0 Å². The Morgan fingerprint density at radius 1 is 1.10 bits per heavy atom. The Hall–Kier alpha value is -2.07. The lowest BCUT2D eigenvalue weighted by Crippen LogP contribution is -2.05. The minimum atomic E-state index is -0.135. The Kier molecular flexibility index (Phi) is 2.91. The van der Waals surface area contributed by atoms with E-state index < -0.39 is 0 Å². The fourth-order valence-corrected chi connectivity index (χ4v) is 3.54. The first-order valence-corrected chi connectivity index (χ1v) is 7.22. The summed E-state index contributed by atoms with van der Waals surface area (Å²) >= 11 is 1.37. The van der Waals surface area contributed by atoms with E-state index in [4.69, 9.17) is 0 Å². The summed E-state index contributed by atoms with van der Waals surface area (Å²) in [6, 6.07) is 8.18. The van der Waals surface area contributed by atoms with Gasteiger partial charge in [-0.15, -0.1) is 11.3 Å². The third-order valence-corrected chi connectivity index (χ3v) is 4.63. The van der Waals surface area contributed by atoms with Crippen LogP contribution in [0.4, 0.5) is 0 Å². The molecule has 0 fully saturated rings. The molecular weight excluding hydrogens is 272 g/mol. The molecule has 0 aliphatic carbocycles. The molecule has 102 valence electrons. The molecule has 1 aromatic heterocycles. The maximum absolute atomic E-state index is 12.7. The number of fused-ring (bicyclic) bond motifs is 2. The predicted molar refractivity (Wildman–Crippen MR) is 83.0 cm³/mol. The van der Waals surface area contributed by atoms with E-state index in [9.17, 15) is 15.0 Å². The van der Waals surface area contributed by atoms with Gasteiger partial charge in [-0.1, -0.05) is 19.9 Å². The summed E-state index contributed by atoms with van der Waals surface area (Å²) in [7, 11) is 0. The van der Waals surface area contributed by atoms with Crippen molar-refractivity contribution < 1.29 is 10.2 Å². The highest BCUT2D eigenvalue weighted by molar-refractivity contribution is 7.24. The van der Waals surface area contributed by atoms with Crippen molar-refractivity contribution in [2.45, 2.75) is 19.8 Å². The maximum Gasteiger partial charge on any atom is 0.196 e. The number of hydrogen-bond donors (Lipinski definition) is 2. The van der Waals surface area contributed by atoms with Crippen molar-refractivity contribution in [2.24, 2.45) is 0 Å². The lowest BCUT2D eigenvalue weighted by atomic mass is 9.98. The van der Waals surface area contributed by atoms with Crippen LogP contribution < -0.4 is 5.43 Å². The lowest BCUT2D eigenvalue weighted by molar-refractivity contribution is 0.476. The monoisotopic (exact) mass is 286 g/mol. The summed E-state index contributed by atoms with van der Waals surface area (Å²) in [6.07, 6.45) is 0. The second-order valence-electron chi connectivity index (χ2n) is 5.14. The highest BCUT2D eigenvalue weighted by atomic mass is 32.1. The molecular formula is C16H14O3S. The van der Waals surface area contributed by atoms with E-state index in [0.29, 0.717) is 15.5 Å². The first-order chi connectivity index (χ1) is 9.49. The van der Waals surface area contributed by atoms with Gasteiger partial charge in [-0.05, 0) is 35.7 Å². The SMILES string of the molecule is CC(C)c1ccc(O)c2sc3ccc(O)cc3c(=O)c12. The molecule has 3 aromatic rings. The Morgan fingerprint density at radius 3 is 2.55 bits per heavy atom. The van der Waals surface area contributed by atoms with Gasteiger partial charge in [0.05, 0.1) is 4.70 Å². The van der Waals surface area contributed by atoms with Crippen molar-refractivity contribution in [1.29, 1.82) is 0 Å². The van der Waals surface area contributed by atoms with Crippen LogP contribution in [-0.4, -0.2) is 10.2 Å². The molecule has 0 aliphatic heterocycles. The van der Waals surface area contributed by atoms with Gasteiger partial charge in [-0.25, -0.2) is 0 Å². The molecule has 2 N–H and O–H groups in total. The number of aromatic hydroxyl groups is 2. The molecule has 0 bridgehead atoms. The van der Waals surface area contributed by atoms with Gasteiger partial charge in [0.15, 0.2) is 5.43 Å². The van der Waals surface area contributed by atoms with Crippen LogP contribution in [0.15, 0.2) is 35.1 Å². The molecule has 0 unspecified atom stereocenters. The van der Waals surface area contributed by atoms with Crippen LogP contribution in [0.1, 0.15) is 25.3 Å². The fourth-order valence-electron chi connectivity index (χ4n) is 2.43. The van der Waals surface area contributed by atoms with E-state index in [-0.39, 0.29) is 22.8 Å². The van der Waals surface area contributed by atoms with Crippen molar-refractivity contribution in [1.82, 2.24) is 0 Å². The summed E-state index contributed by atoms with van der Waals surface area (Å²) in [5, 5.41) is 20.7. The quantitative estimate of drug-likeness (QED) is 0.666. The normalized spacial score (nSPS) is 11.6. The number of hydrogen-bond acceptors (Lipinski definition) is 4. The van der Waals surface area contributed by atoms with Crippen LogP contribution >= 0.6 is 11.3 Å². The summed E-state index contributed by atoms with van der Waals surface area (Å²) in [6.45, 7) is 4.03. The minimum Gasteiger partial charge on any atom is -0.508 e. The van der Waals surface area contributed by atoms with E-state index in [1.165, 1.54) is 17.4 Å².